The van der Waals surface area contributed by atoms with E-state index in [1.54, 1.807) is 30.7 Å². The molecule has 0 unspecified atom stereocenters. The molecular weight excluding hydrogens is 378 g/mol. The number of hydrogen-bond acceptors (Lipinski definition) is 5. The molecule has 1 amide bonds. The highest BCUT2D eigenvalue weighted by Gasteiger charge is 2.16. The summed E-state index contributed by atoms with van der Waals surface area (Å²) in [6.45, 7) is 4.90. The lowest BCUT2D eigenvalue weighted by atomic mass is 10.1. The van der Waals surface area contributed by atoms with Crippen molar-refractivity contribution in [2.75, 3.05) is 31.5 Å². The molecule has 0 spiro atoms. The molecule has 1 aromatic carbocycles. The molecule has 1 aliphatic rings. The molecule has 0 aliphatic carbocycles. The lowest BCUT2D eigenvalue weighted by Crippen LogP contribution is -2.42. The lowest BCUT2D eigenvalue weighted by molar-refractivity contribution is 0.102. The van der Waals surface area contributed by atoms with Crippen molar-refractivity contribution in [3.63, 3.8) is 0 Å². The van der Waals surface area contributed by atoms with Crippen LogP contribution in [0.3, 0.4) is 0 Å². The Labute approximate surface area is 174 Å². The molecule has 7 heteroatoms. The van der Waals surface area contributed by atoms with Gasteiger partial charge in [-0.15, -0.1) is 0 Å². The van der Waals surface area contributed by atoms with Gasteiger partial charge in [0.25, 0.3) is 5.91 Å². The van der Waals surface area contributed by atoms with E-state index in [2.05, 4.69) is 25.5 Å². The summed E-state index contributed by atoms with van der Waals surface area (Å²) in [6, 6.07) is 13.6. The van der Waals surface area contributed by atoms with Crippen molar-refractivity contribution in [2.24, 2.45) is 0 Å². The number of hydrogen-bond donors (Lipinski definition) is 3. The van der Waals surface area contributed by atoms with Gasteiger partial charge in [-0.2, -0.15) is 0 Å². The van der Waals surface area contributed by atoms with E-state index in [-0.39, 0.29) is 5.91 Å². The molecule has 0 saturated carbocycles. The van der Waals surface area contributed by atoms with Crippen LogP contribution >= 0.6 is 0 Å². The van der Waals surface area contributed by atoms with Crippen molar-refractivity contribution in [1.82, 2.24) is 20.2 Å². The molecule has 5 rings (SSSR count). The third-order valence-corrected chi connectivity index (χ3v) is 5.40. The van der Waals surface area contributed by atoms with Crippen LogP contribution in [0.15, 0.2) is 65.5 Å². The van der Waals surface area contributed by atoms with Gasteiger partial charge in [-0.3, -0.25) is 14.7 Å². The van der Waals surface area contributed by atoms with E-state index < -0.39 is 0 Å². The topological polar surface area (TPSA) is 86.2 Å². The van der Waals surface area contributed by atoms with Crippen LogP contribution in [0.4, 0.5) is 5.69 Å². The van der Waals surface area contributed by atoms with Crippen LogP contribution < -0.4 is 10.6 Å². The van der Waals surface area contributed by atoms with Crippen molar-refractivity contribution in [2.45, 2.75) is 6.54 Å². The van der Waals surface area contributed by atoms with E-state index in [1.165, 1.54) is 0 Å². The Hall–Kier alpha value is -3.42. The minimum Gasteiger partial charge on any atom is -0.460 e. The van der Waals surface area contributed by atoms with Gasteiger partial charge >= 0.3 is 0 Å². The van der Waals surface area contributed by atoms with E-state index >= 15 is 0 Å². The Morgan fingerprint density at radius 1 is 1.10 bits per heavy atom. The van der Waals surface area contributed by atoms with Crippen molar-refractivity contribution in [3.05, 3.63) is 72.4 Å². The molecule has 4 aromatic rings. The number of anilines is 1. The quantitative estimate of drug-likeness (QED) is 0.477. The van der Waals surface area contributed by atoms with Gasteiger partial charge in [0.2, 0.25) is 0 Å². The average Bonchev–Trinajstić information content (AvgIpc) is 3.42. The predicted molar refractivity (Wildman–Crippen MR) is 116 cm³/mol. The standard InChI is InChI=1S/C23H23N5O2/c29-23(27-17-5-7-24-8-6-17)20-14-26-21-3-1-16(13-19(20)21)22-4-2-18(30-22)15-28-11-9-25-10-12-28/h1-8,13-14,25-26H,9-12,15H2,(H,24,27,29). The number of nitrogens with zero attached hydrogens (tertiary/aromatic N) is 2. The van der Waals surface area contributed by atoms with Crippen LogP contribution in [0, 0.1) is 0 Å². The molecule has 4 heterocycles. The first-order chi connectivity index (χ1) is 14.8. The normalized spacial score (nSPS) is 14.8. The average molecular weight is 401 g/mol. The number of benzene rings is 1. The van der Waals surface area contributed by atoms with Crippen molar-refractivity contribution >= 4 is 22.5 Å². The third kappa shape index (κ3) is 3.85. The van der Waals surface area contributed by atoms with Gasteiger partial charge in [-0.25, -0.2) is 0 Å². The SMILES string of the molecule is O=C(Nc1ccncc1)c1c[nH]c2ccc(-c3ccc(CN4CCNCC4)o3)cc12. The molecule has 152 valence electrons. The van der Waals surface area contributed by atoms with Gasteiger partial charge in [0.05, 0.1) is 12.1 Å². The monoisotopic (exact) mass is 401 g/mol. The number of H-pyrrole nitrogens is 1. The van der Waals surface area contributed by atoms with Gasteiger partial charge < -0.3 is 20.0 Å². The smallest absolute Gasteiger partial charge is 0.257 e. The molecular formula is C23H23N5O2. The zero-order chi connectivity index (χ0) is 20.3. The van der Waals surface area contributed by atoms with Gasteiger partial charge in [0.1, 0.15) is 11.5 Å². The number of rotatable bonds is 5. The maximum atomic E-state index is 12.8. The summed E-state index contributed by atoms with van der Waals surface area (Å²) >= 11 is 0. The first-order valence-corrected chi connectivity index (χ1v) is 10.1. The first kappa shape index (κ1) is 18.6. The van der Waals surface area contributed by atoms with Crippen molar-refractivity contribution in [3.8, 4) is 11.3 Å². The van der Waals surface area contributed by atoms with Crippen LogP contribution in [0.25, 0.3) is 22.2 Å². The number of nitrogens with one attached hydrogen (secondary N) is 3. The molecule has 0 bridgehead atoms. The van der Waals surface area contributed by atoms with Gasteiger partial charge in [0, 0.05) is 66.9 Å². The largest absolute Gasteiger partial charge is 0.460 e. The summed E-state index contributed by atoms with van der Waals surface area (Å²) in [5.74, 6) is 1.60. The summed E-state index contributed by atoms with van der Waals surface area (Å²) in [4.78, 5) is 22.3. The van der Waals surface area contributed by atoms with E-state index in [0.717, 1.165) is 60.7 Å². The minimum atomic E-state index is -0.163. The Morgan fingerprint density at radius 2 is 1.93 bits per heavy atom. The van der Waals surface area contributed by atoms with Crippen LogP contribution in [0.5, 0.6) is 0 Å². The van der Waals surface area contributed by atoms with Crippen molar-refractivity contribution in [1.29, 1.82) is 0 Å². The molecule has 1 aliphatic heterocycles. The fourth-order valence-electron chi connectivity index (χ4n) is 3.80. The molecule has 3 N–H and O–H groups in total. The summed E-state index contributed by atoms with van der Waals surface area (Å²) in [6.07, 6.45) is 5.04. The summed E-state index contributed by atoms with van der Waals surface area (Å²) in [5, 5.41) is 7.14. The molecule has 1 fully saturated rings. The van der Waals surface area contributed by atoms with Crippen molar-refractivity contribution < 1.29 is 9.21 Å². The number of carbonyl (C=O) groups excluding carboxylic acids is 1. The van der Waals surface area contributed by atoms with Gasteiger partial charge in [-0.1, -0.05) is 0 Å². The molecule has 30 heavy (non-hydrogen) atoms. The number of amides is 1. The number of aromatic nitrogens is 2. The second-order valence-corrected chi connectivity index (χ2v) is 7.44. The fraction of sp³-hybridized carbons (Fsp3) is 0.217. The van der Waals surface area contributed by atoms with Gasteiger partial charge in [-0.05, 0) is 42.5 Å². The Morgan fingerprint density at radius 3 is 2.77 bits per heavy atom. The number of pyridine rings is 1. The van der Waals surface area contributed by atoms with Crippen LogP contribution in [0.1, 0.15) is 16.1 Å². The molecule has 1 saturated heterocycles. The van der Waals surface area contributed by atoms with E-state index in [1.807, 2.05) is 30.3 Å². The van der Waals surface area contributed by atoms with Crippen LogP contribution in [-0.4, -0.2) is 47.0 Å². The van der Waals surface area contributed by atoms with Crippen LogP contribution in [-0.2, 0) is 6.54 Å². The van der Waals surface area contributed by atoms with E-state index in [4.69, 9.17) is 4.42 Å². The number of aromatic amines is 1. The zero-order valence-electron chi connectivity index (χ0n) is 16.5. The Balaban J connectivity index is 1.38. The summed E-state index contributed by atoms with van der Waals surface area (Å²) < 4.78 is 6.11. The zero-order valence-corrected chi connectivity index (χ0v) is 16.5. The summed E-state index contributed by atoms with van der Waals surface area (Å²) in [7, 11) is 0. The lowest BCUT2D eigenvalue weighted by Gasteiger charge is -2.26. The molecule has 3 aromatic heterocycles. The number of piperazine rings is 1. The highest BCUT2D eigenvalue weighted by atomic mass is 16.3. The molecule has 7 nitrogen and oxygen atoms in total. The minimum absolute atomic E-state index is 0.163. The fourth-order valence-corrected chi connectivity index (χ4v) is 3.80. The third-order valence-electron chi connectivity index (χ3n) is 5.40. The Kier molecular flexibility index (Phi) is 5.04. The molecule has 0 radical (unpaired) electrons. The maximum Gasteiger partial charge on any atom is 0.257 e. The number of fused-ring (bicyclic) bond motifs is 1. The second-order valence-electron chi connectivity index (χ2n) is 7.44. The highest BCUT2D eigenvalue weighted by Crippen LogP contribution is 2.28. The number of carbonyl (C=O) groups is 1. The van der Waals surface area contributed by atoms with E-state index in [0.29, 0.717) is 11.3 Å². The molecule has 0 atom stereocenters. The van der Waals surface area contributed by atoms with Gasteiger partial charge in [0.15, 0.2) is 0 Å². The maximum absolute atomic E-state index is 12.8. The predicted octanol–water partition coefficient (Wildman–Crippen LogP) is 3.48. The second kappa shape index (κ2) is 8.14. The number of furan rings is 1. The highest BCUT2D eigenvalue weighted by molar-refractivity contribution is 6.13. The van der Waals surface area contributed by atoms with E-state index in [9.17, 15) is 4.79 Å². The van der Waals surface area contributed by atoms with Crippen LogP contribution in [0.2, 0.25) is 0 Å². The Bertz CT molecular complexity index is 1160. The first-order valence-electron chi connectivity index (χ1n) is 10.1. The summed E-state index contributed by atoms with van der Waals surface area (Å²) in [5.41, 5.74) is 3.16.